The number of rotatable bonds is 5. The minimum atomic E-state index is -0.104. The van der Waals surface area contributed by atoms with E-state index in [4.69, 9.17) is 5.26 Å². The fourth-order valence-electron chi connectivity index (χ4n) is 4.28. The summed E-state index contributed by atoms with van der Waals surface area (Å²) < 4.78 is 0. The van der Waals surface area contributed by atoms with Crippen molar-refractivity contribution in [3.05, 3.63) is 94.2 Å². The van der Waals surface area contributed by atoms with Gasteiger partial charge in [0.1, 0.15) is 0 Å². The quantitative estimate of drug-likeness (QED) is 0.236. The van der Waals surface area contributed by atoms with E-state index in [0.717, 1.165) is 22.7 Å². The number of carbonyl (C=O) groups excluding carboxylic acids is 1. The topological polar surface area (TPSA) is 106 Å². The van der Waals surface area contributed by atoms with Gasteiger partial charge in [-0.3, -0.25) is 9.78 Å². The number of aryl methyl sites for hydroxylation is 1. The van der Waals surface area contributed by atoms with Crippen LogP contribution in [0.5, 0.6) is 0 Å². The second-order valence-electron chi connectivity index (χ2n) is 8.23. The van der Waals surface area contributed by atoms with E-state index in [9.17, 15) is 4.79 Å². The summed E-state index contributed by atoms with van der Waals surface area (Å²) in [4.78, 5) is 28.2. The molecule has 2 aromatic heterocycles. The van der Waals surface area contributed by atoms with Gasteiger partial charge in [0.25, 0.3) is 5.91 Å². The number of aliphatic imine (C=N–C) groups is 1. The molecule has 1 amide bonds. The number of anilines is 2. The van der Waals surface area contributed by atoms with Crippen LogP contribution in [0.4, 0.5) is 11.4 Å². The lowest BCUT2D eigenvalue weighted by atomic mass is 9.95. The first-order valence-electron chi connectivity index (χ1n) is 11.5. The minimum absolute atomic E-state index is 0.104. The number of hydrogen-bond acceptors (Lipinski definition) is 6. The molecule has 3 heterocycles. The Bertz CT molecular complexity index is 1470. The second-order valence-corrected chi connectivity index (χ2v) is 9.35. The zero-order valence-corrected chi connectivity index (χ0v) is 20.4. The van der Waals surface area contributed by atoms with Crippen molar-refractivity contribution >= 4 is 34.6 Å². The van der Waals surface area contributed by atoms with E-state index in [1.54, 1.807) is 36.9 Å². The molecule has 178 valence electrons. The maximum atomic E-state index is 13.4. The van der Waals surface area contributed by atoms with Gasteiger partial charge in [0, 0.05) is 41.4 Å². The van der Waals surface area contributed by atoms with Crippen LogP contribution in [0, 0.1) is 18.4 Å². The van der Waals surface area contributed by atoms with Crippen LogP contribution in [0.2, 0.25) is 0 Å². The summed E-state index contributed by atoms with van der Waals surface area (Å²) in [6, 6.07) is 18.0. The van der Waals surface area contributed by atoms with E-state index in [1.165, 1.54) is 33.6 Å². The lowest BCUT2D eigenvalue weighted by molar-refractivity contribution is 0.0989. The molecule has 0 spiro atoms. The molecule has 0 fully saturated rings. The number of fused-ring (bicyclic) bond motifs is 1. The number of benzene rings is 2. The first kappa shape index (κ1) is 23.2. The highest BCUT2D eigenvalue weighted by atomic mass is 32.1. The third-order valence-electron chi connectivity index (χ3n) is 5.98. The van der Waals surface area contributed by atoms with Gasteiger partial charge in [-0.1, -0.05) is 36.4 Å². The summed E-state index contributed by atoms with van der Waals surface area (Å²) >= 11 is 1.33. The van der Waals surface area contributed by atoms with E-state index >= 15 is 0 Å². The summed E-state index contributed by atoms with van der Waals surface area (Å²) in [7, 11) is 0. The standard InChI is InChI=1S/C27H23N7OS/c1-18-5-2-3-6-21(18)22-7-4-8-24-23(22)11-14-34(24)26(35)25-30-15-20(36-25)16-31-27(32-17-28)33-19-9-12-29-13-10-19/h2-10,12-13,15H,11,14,16H2,1H3,(H2,29,31,32,33). The molecule has 9 heteroatoms. The molecule has 0 atom stereocenters. The molecule has 0 radical (unpaired) electrons. The van der Waals surface area contributed by atoms with Crippen LogP contribution in [-0.2, 0) is 13.0 Å². The first-order chi connectivity index (χ1) is 17.6. The SMILES string of the molecule is Cc1ccccc1-c1cccc2c1CCN2C(=O)c1ncc(CN/C(=N\C#N)Nc2ccncc2)s1. The molecule has 0 unspecified atom stereocenters. The third kappa shape index (κ3) is 4.80. The number of aromatic nitrogens is 2. The summed E-state index contributed by atoms with van der Waals surface area (Å²) in [5, 5.41) is 15.6. The highest BCUT2D eigenvalue weighted by molar-refractivity contribution is 7.13. The van der Waals surface area contributed by atoms with E-state index < -0.39 is 0 Å². The number of guanidine groups is 1. The van der Waals surface area contributed by atoms with Crippen LogP contribution < -0.4 is 15.5 Å². The van der Waals surface area contributed by atoms with Crippen molar-refractivity contribution in [2.24, 2.45) is 4.99 Å². The Morgan fingerprint density at radius 2 is 1.94 bits per heavy atom. The van der Waals surface area contributed by atoms with Crippen LogP contribution in [0.25, 0.3) is 11.1 Å². The number of nitrogens with one attached hydrogen (secondary N) is 2. The number of pyridine rings is 1. The summed E-state index contributed by atoms with van der Waals surface area (Å²) in [6.45, 7) is 3.10. The van der Waals surface area contributed by atoms with Crippen LogP contribution in [0.15, 0.2) is 78.2 Å². The number of amides is 1. The van der Waals surface area contributed by atoms with Gasteiger partial charge < -0.3 is 15.5 Å². The van der Waals surface area contributed by atoms with Crippen molar-refractivity contribution in [1.82, 2.24) is 15.3 Å². The molecule has 1 aliphatic rings. The first-order valence-corrected chi connectivity index (χ1v) is 12.3. The molecule has 0 saturated heterocycles. The fraction of sp³-hybridized carbons (Fsp3) is 0.148. The number of thiazole rings is 1. The van der Waals surface area contributed by atoms with E-state index in [0.29, 0.717) is 24.1 Å². The van der Waals surface area contributed by atoms with Crippen molar-refractivity contribution < 1.29 is 4.79 Å². The van der Waals surface area contributed by atoms with Crippen molar-refractivity contribution in [2.45, 2.75) is 19.9 Å². The lowest BCUT2D eigenvalue weighted by Crippen LogP contribution is -2.29. The zero-order valence-electron chi connectivity index (χ0n) is 19.6. The van der Waals surface area contributed by atoms with Crippen LogP contribution in [0.1, 0.15) is 25.8 Å². The largest absolute Gasteiger partial charge is 0.350 e. The number of nitrogens with zero attached hydrogens (tertiary/aromatic N) is 5. The van der Waals surface area contributed by atoms with Crippen molar-refractivity contribution in [2.75, 3.05) is 16.8 Å². The molecule has 2 aromatic carbocycles. The normalized spacial score (nSPS) is 12.7. The fourth-order valence-corrected chi connectivity index (χ4v) is 5.08. The Hall–Kier alpha value is -4.55. The van der Waals surface area contributed by atoms with E-state index in [1.807, 2.05) is 29.2 Å². The Kier molecular flexibility index (Phi) is 6.69. The van der Waals surface area contributed by atoms with Crippen molar-refractivity contribution in [3.8, 4) is 17.3 Å². The number of carbonyl (C=O) groups is 1. The van der Waals surface area contributed by atoms with Crippen LogP contribution >= 0.6 is 11.3 Å². The second kappa shape index (κ2) is 10.4. The van der Waals surface area contributed by atoms with Gasteiger partial charge in [0.15, 0.2) is 5.01 Å². The molecular weight excluding hydrogens is 470 g/mol. The Balaban J connectivity index is 1.30. The molecule has 5 rings (SSSR count). The van der Waals surface area contributed by atoms with Crippen molar-refractivity contribution in [3.63, 3.8) is 0 Å². The summed E-state index contributed by atoms with van der Waals surface area (Å²) in [6.07, 6.45) is 7.57. The summed E-state index contributed by atoms with van der Waals surface area (Å²) in [5.74, 6) is 0.204. The Morgan fingerprint density at radius 3 is 2.75 bits per heavy atom. The summed E-state index contributed by atoms with van der Waals surface area (Å²) in [5.41, 5.74) is 6.48. The minimum Gasteiger partial charge on any atom is -0.350 e. The highest BCUT2D eigenvalue weighted by Gasteiger charge is 2.29. The molecule has 4 aromatic rings. The van der Waals surface area contributed by atoms with E-state index in [2.05, 4.69) is 50.7 Å². The molecule has 0 bridgehead atoms. The number of nitriles is 1. The average Bonchev–Trinajstić information content (AvgIpc) is 3.56. The Morgan fingerprint density at radius 1 is 1.14 bits per heavy atom. The third-order valence-corrected chi connectivity index (χ3v) is 6.96. The van der Waals surface area contributed by atoms with Gasteiger partial charge in [0.05, 0.1) is 6.54 Å². The maximum Gasteiger partial charge on any atom is 0.287 e. The lowest BCUT2D eigenvalue weighted by Gasteiger charge is -2.17. The van der Waals surface area contributed by atoms with Gasteiger partial charge in [-0.2, -0.15) is 5.26 Å². The molecule has 36 heavy (non-hydrogen) atoms. The van der Waals surface area contributed by atoms with Gasteiger partial charge in [0.2, 0.25) is 12.2 Å². The van der Waals surface area contributed by atoms with Gasteiger partial charge in [-0.25, -0.2) is 4.98 Å². The van der Waals surface area contributed by atoms with Gasteiger partial charge in [-0.15, -0.1) is 16.3 Å². The zero-order chi connectivity index (χ0) is 24.9. The molecule has 0 aliphatic carbocycles. The number of hydrogen-bond donors (Lipinski definition) is 2. The van der Waals surface area contributed by atoms with Crippen LogP contribution in [0.3, 0.4) is 0 Å². The maximum absolute atomic E-state index is 13.4. The van der Waals surface area contributed by atoms with Gasteiger partial charge >= 0.3 is 0 Å². The highest BCUT2D eigenvalue weighted by Crippen LogP contribution is 2.38. The smallest absolute Gasteiger partial charge is 0.287 e. The van der Waals surface area contributed by atoms with E-state index in [-0.39, 0.29) is 5.91 Å². The monoisotopic (exact) mass is 493 g/mol. The Labute approximate surface area is 213 Å². The molecular formula is C27H23N7OS. The predicted molar refractivity (Wildman–Crippen MR) is 142 cm³/mol. The molecule has 0 saturated carbocycles. The predicted octanol–water partition coefficient (Wildman–Crippen LogP) is 4.76. The molecule has 2 N–H and O–H groups in total. The van der Waals surface area contributed by atoms with Gasteiger partial charge in [-0.05, 0) is 53.8 Å². The molecule has 1 aliphatic heterocycles. The van der Waals surface area contributed by atoms with Crippen molar-refractivity contribution in [1.29, 1.82) is 5.26 Å². The van der Waals surface area contributed by atoms with Crippen LogP contribution in [-0.4, -0.2) is 28.4 Å². The average molecular weight is 494 g/mol. The molecule has 8 nitrogen and oxygen atoms in total.